The Morgan fingerprint density at radius 3 is 2.63 bits per heavy atom. The number of amides is 1. The van der Waals surface area contributed by atoms with Crippen LogP contribution in [0.1, 0.15) is 23.7 Å². The minimum atomic E-state index is -0.907. The molecular weight excluding hydrogens is 380 g/mol. The number of primary amides is 1. The average molecular weight is 396 g/mol. The number of pyridine rings is 1. The summed E-state index contributed by atoms with van der Waals surface area (Å²) in [6.07, 6.45) is 1.41. The number of aldehydes is 1. The molecule has 142 valence electrons. The van der Waals surface area contributed by atoms with Crippen LogP contribution >= 0.6 is 11.6 Å². The van der Waals surface area contributed by atoms with Crippen molar-refractivity contribution in [1.82, 2.24) is 4.98 Å². The van der Waals surface area contributed by atoms with Crippen molar-refractivity contribution in [2.45, 2.75) is 18.9 Å². The van der Waals surface area contributed by atoms with Crippen molar-refractivity contribution in [3.8, 4) is 11.1 Å². The van der Waals surface area contributed by atoms with Gasteiger partial charge in [-0.2, -0.15) is 0 Å². The molecule has 0 radical (unpaired) electrons. The molecule has 1 aromatic carbocycles. The number of halogens is 3. The first-order valence-corrected chi connectivity index (χ1v) is 8.44. The van der Waals surface area contributed by atoms with Crippen LogP contribution in [-0.2, 0) is 4.74 Å². The van der Waals surface area contributed by atoms with Gasteiger partial charge >= 0.3 is 6.09 Å². The van der Waals surface area contributed by atoms with Gasteiger partial charge in [-0.05, 0) is 24.6 Å². The van der Waals surface area contributed by atoms with Gasteiger partial charge < -0.3 is 15.4 Å². The summed E-state index contributed by atoms with van der Waals surface area (Å²) in [4.78, 5) is 28.5. The normalized spacial score (nSPS) is 19.2. The van der Waals surface area contributed by atoms with Crippen LogP contribution in [0.15, 0.2) is 24.4 Å². The van der Waals surface area contributed by atoms with Crippen LogP contribution in [0.25, 0.3) is 11.1 Å². The Bertz CT molecular complexity index is 905. The second-order valence-corrected chi connectivity index (χ2v) is 6.90. The molecule has 2 N–H and O–H groups in total. The number of hydrogen-bond acceptors (Lipinski definition) is 5. The van der Waals surface area contributed by atoms with E-state index >= 15 is 0 Å². The van der Waals surface area contributed by atoms with Gasteiger partial charge in [0, 0.05) is 30.8 Å². The molecule has 1 fully saturated rings. The van der Waals surface area contributed by atoms with Gasteiger partial charge in [0.1, 0.15) is 22.4 Å². The number of rotatable bonds is 4. The van der Waals surface area contributed by atoms with Gasteiger partial charge in [0.15, 0.2) is 6.29 Å². The summed E-state index contributed by atoms with van der Waals surface area (Å²) in [6, 6.07) is 2.96. The van der Waals surface area contributed by atoms with Crippen molar-refractivity contribution in [3.05, 3.63) is 46.7 Å². The third kappa shape index (κ3) is 3.85. The van der Waals surface area contributed by atoms with Gasteiger partial charge in [0.05, 0.1) is 17.8 Å². The number of anilines is 1. The van der Waals surface area contributed by atoms with Crippen molar-refractivity contribution >= 4 is 29.7 Å². The maximum atomic E-state index is 13.7. The average Bonchev–Trinajstić information content (AvgIpc) is 2.94. The van der Waals surface area contributed by atoms with Crippen LogP contribution in [-0.4, -0.2) is 36.1 Å². The molecule has 3 rings (SSSR count). The molecule has 0 saturated carbocycles. The van der Waals surface area contributed by atoms with Gasteiger partial charge in [-0.15, -0.1) is 0 Å². The Labute approximate surface area is 158 Å². The molecule has 0 aliphatic carbocycles. The zero-order chi connectivity index (χ0) is 19.8. The highest BCUT2D eigenvalue weighted by atomic mass is 35.5. The smallest absolute Gasteiger partial charge is 0.405 e. The number of carbonyl (C=O) groups is 2. The lowest BCUT2D eigenvalue weighted by atomic mass is 10.0. The summed E-state index contributed by atoms with van der Waals surface area (Å²) < 4.78 is 32.7. The highest BCUT2D eigenvalue weighted by Crippen LogP contribution is 2.41. The van der Waals surface area contributed by atoms with E-state index in [-0.39, 0.29) is 28.4 Å². The van der Waals surface area contributed by atoms with E-state index in [2.05, 4.69) is 4.98 Å². The van der Waals surface area contributed by atoms with Gasteiger partial charge in [0.2, 0.25) is 0 Å². The van der Waals surface area contributed by atoms with Crippen molar-refractivity contribution in [2.24, 2.45) is 5.73 Å². The SMILES string of the molecule is CC1(OC(N)=O)CCN(c2c(C=O)cnc(Cl)c2-c2cc(F)cc(F)c2)C1. The second kappa shape index (κ2) is 7.11. The van der Waals surface area contributed by atoms with Gasteiger partial charge in [0.25, 0.3) is 0 Å². The van der Waals surface area contributed by atoms with Crippen LogP contribution in [0, 0.1) is 11.6 Å². The first-order chi connectivity index (χ1) is 12.7. The third-order valence-corrected chi connectivity index (χ3v) is 4.70. The number of aromatic nitrogens is 1. The summed E-state index contributed by atoms with van der Waals surface area (Å²) in [5.74, 6) is -1.57. The lowest BCUT2D eigenvalue weighted by molar-refractivity contribution is 0.0480. The standard InChI is InChI=1S/C18H16ClF2N3O3/c1-18(27-17(22)26)2-3-24(9-18)15-11(8-25)7-23-16(19)14(15)10-4-12(20)6-13(21)5-10/h4-8H,2-3,9H2,1H3,(H2,22,26). The zero-order valence-electron chi connectivity index (χ0n) is 14.3. The molecule has 1 saturated heterocycles. The summed E-state index contributed by atoms with van der Waals surface area (Å²) in [5.41, 5.74) is 5.19. The third-order valence-electron chi connectivity index (χ3n) is 4.41. The van der Waals surface area contributed by atoms with Gasteiger partial charge in [-0.1, -0.05) is 11.6 Å². The number of nitrogens with zero attached hydrogens (tertiary/aromatic N) is 2. The van der Waals surface area contributed by atoms with E-state index in [1.807, 2.05) is 0 Å². The molecule has 9 heteroatoms. The first-order valence-electron chi connectivity index (χ1n) is 8.06. The Kier molecular flexibility index (Phi) is 5.01. The lowest BCUT2D eigenvalue weighted by Gasteiger charge is -2.27. The lowest BCUT2D eigenvalue weighted by Crippen LogP contribution is -2.37. The molecule has 0 bridgehead atoms. The summed E-state index contributed by atoms with van der Waals surface area (Å²) in [7, 11) is 0. The van der Waals surface area contributed by atoms with E-state index in [0.717, 1.165) is 18.2 Å². The van der Waals surface area contributed by atoms with E-state index in [9.17, 15) is 18.4 Å². The molecule has 2 heterocycles. The van der Waals surface area contributed by atoms with E-state index in [1.165, 1.54) is 6.20 Å². The quantitative estimate of drug-likeness (QED) is 0.632. The molecule has 1 aliphatic heterocycles. The maximum absolute atomic E-state index is 13.7. The largest absolute Gasteiger partial charge is 0.441 e. The minimum absolute atomic E-state index is 0.00924. The van der Waals surface area contributed by atoms with E-state index < -0.39 is 23.3 Å². The number of ether oxygens (including phenoxy) is 1. The molecule has 1 unspecified atom stereocenters. The van der Waals surface area contributed by atoms with Crippen LogP contribution in [0.2, 0.25) is 5.15 Å². The van der Waals surface area contributed by atoms with Crippen molar-refractivity contribution in [1.29, 1.82) is 0 Å². The summed E-state index contributed by atoms with van der Waals surface area (Å²) in [6.45, 7) is 2.35. The van der Waals surface area contributed by atoms with Crippen molar-refractivity contribution in [3.63, 3.8) is 0 Å². The van der Waals surface area contributed by atoms with E-state index in [0.29, 0.717) is 24.9 Å². The Morgan fingerprint density at radius 1 is 1.37 bits per heavy atom. The second-order valence-electron chi connectivity index (χ2n) is 6.55. The number of carbonyl (C=O) groups excluding carboxylic acids is 2. The van der Waals surface area contributed by atoms with Crippen LogP contribution in [0.3, 0.4) is 0 Å². The summed E-state index contributed by atoms with van der Waals surface area (Å²) >= 11 is 6.23. The molecule has 1 amide bonds. The van der Waals surface area contributed by atoms with Gasteiger partial charge in [-0.25, -0.2) is 18.6 Å². The molecule has 1 aromatic heterocycles. The topological polar surface area (TPSA) is 85.5 Å². The van der Waals surface area contributed by atoms with Crippen LogP contribution < -0.4 is 10.6 Å². The molecule has 2 aromatic rings. The molecule has 1 aliphatic rings. The fraction of sp³-hybridized carbons (Fsp3) is 0.278. The zero-order valence-corrected chi connectivity index (χ0v) is 15.1. The number of nitrogens with two attached hydrogens (primary N) is 1. The Hall–Kier alpha value is -2.74. The van der Waals surface area contributed by atoms with E-state index in [1.54, 1.807) is 11.8 Å². The minimum Gasteiger partial charge on any atom is -0.441 e. The maximum Gasteiger partial charge on any atom is 0.405 e. The predicted molar refractivity (Wildman–Crippen MR) is 95.9 cm³/mol. The Balaban J connectivity index is 2.14. The number of benzene rings is 1. The number of hydrogen-bond donors (Lipinski definition) is 1. The highest BCUT2D eigenvalue weighted by Gasteiger charge is 2.39. The highest BCUT2D eigenvalue weighted by molar-refractivity contribution is 6.33. The van der Waals surface area contributed by atoms with Crippen molar-refractivity contribution < 1.29 is 23.1 Å². The van der Waals surface area contributed by atoms with E-state index in [4.69, 9.17) is 22.1 Å². The Morgan fingerprint density at radius 2 is 2.04 bits per heavy atom. The molecule has 0 spiro atoms. The predicted octanol–water partition coefficient (Wildman–Crippen LogP) is 3.56. The van der Waals surface area contributed by atoms with Crippen LogP contribution in [0.5, 0.6) is 0 Å². The molecule has 27 heavy (non-hydrogen) atoms. The first kappa shape index (κ1) is 19.0. The summed E-state index contributed by atoms with van der Waals surface area (Å²) in [5, 5.41) is -0.00924. The van der Waals surface area contributed by atoms with Crippen LogP contribution in [0.4, 0.5) is 19.3 Å². The molecular formula is C18H16ClF2N3O3. The van der Waals surface area contributed by atoms with Gasteiger partial charge in [-0.3, -0.25) is 4.79 Å². The fourth-order valence-electron chi connectivity index (χ4n) is 3.33. The monoisotopic (exact) mass is 395 g/mol. The molecule has 1 atom stereocenters. The molecule has 6 nitrogen and oxygen atoms in total. The van der Waals surface area contributed by atoms with Crippen molar-refractivity contribution in [2.75, 3.05) is 18.0 Å². The fourth-order valence-corrected chi connectivity index (χ4v) is 3.57.